The van der Waals surface area contributed by atoms with Crippen molar-refractivity contribution >= 4 is 23.0 Å². The highest BCUT2D eigenvalue weighted by Gasteiger charge is 2.03. The van der Waals surface area contributed by atoms with Crippen molar-refractivity contribution in [1.82, 2.24) is 5.43 Å². The molecular formula is C8H7FN4S. The zero-order valence-corrected chi connectivity index (χ0v) is 7.86. The second-order valence-electron chi connectivity index (χ2n) is 2.40. The minimum atomic E-state index is -0.554. The van der Waals surface area contributed by atoms with Gasteiger partial charge < -0.3 is 10.7 Å². The summed E-state index contributed by atoms with van der Waals surface area (Å²) in [5, 5.41) is 11.1. The number of rotatable bonds is 1. The fraction of sp³-hybridized carbons (Fsp3) is 0. The zero-order chi connectivity index (χ0) is 10.6. The molecule has 0 spiro atoms. The lowest BCUT2D eigenvalue weighted by atomic mass is 10.2. The zero-order valence-electron chi connectivity index (χ0n) is 7.04. The van der Waals surface area contributed by atoms with Gasteiger partial charge in [-0.15, -0.1) is 0 Å². The third-order valence-electron chi connectivity index (χ3n) is 1.48. The lowest BCUT2D eigenvalue weighted by Gasteiger charge is -2.07. The summed E-state index contributed by atoms with van der Waals surface area (Å²) in [6.07, 6.45) is 0. The van der Waals surface area contributed by atoms with Crippen molar-refractivity contribution in [3.05, 3.63) is 29.6 Å². The molecule has 0 saturated carbocycles. The normalized spacial score (nSPS) is 8.93. The maximum absolute atomic E-state index is 13.2. The van der Waals surface area contributed by atoms with Crippen molar-refractivity contribution < 1.29 is 4.39 Å². The Bertz CT molecular complexity index is 399. The molecule has 1 aromatic carbocycles. The quantitative estimate of drug-likeness (QED) is 0.364. The van der Waals surface area contributed by atoms with Gasteiger partial charge in [0.1, 0.15) is 5.82 Å². The van der Waals surface area contributed by atoms with E-state index in [4.69, 9.17) is 11.1 Å². The number of benzene rings is 1. The first-order valence-corrected chi connectivity index (χ1v) is 4.05. The molecule has 4 N–H and O–H groups in total. The van der Waals surface area contributed by atoms with Gasteiger partial charge in [-0.1, -0.05) is 0 Å². The van der Waals surface area contributed by atoms with Crippen LogP contribution in [0.1, 0.15) is 5.56 Å². The van der Waals surface area contributed by atoms with Crippen LogP contribution in [0.3, 0.4) is 0 Å². The molecule has 4 nitrogen and oxygen atoms in total. The molecule has 0 radical (unpaired) electrons. The van der Waals surface area contributed by atoms with Crippen LogP contribution in [-0.4, -0.2) is 5.11 Å². The topological polar surface area (TPSA) is 73.9 Å². The van der Waals surface area contributed by atoms with E-state index in [1.54, 1.807) is 0 Å². The van der Waals surface area contributed by atoms with E-state index in [2.05, 4.69) is 23.0 Å². The maximum Gasteiger partial charge on any atom is 0.185 e. The molecule has 0 aliphatic rings. The number of hydrazine groups is 1. The van der Waals surface area contributed by atoms with Crippen LogP contribution in [-0.2, 0) is 0 Å². The summed E-state index contributed by atoms with van der Waals surface area (Å²) in [5.74, 6) is 4.44. The Morgan fingerprint density at radius 1 is 1.57 bits per heavy atom. The number of nitriles is 1. The van der Waals surface area contributed by atoms with Crippen molar-refractivity contribution in [1.29, 1.82) is 5.26 Å². The van der Waals surface area contributed by atoms with E-state index in [9.17, 15) is 4.39 Å². The smallest absolute Gasteiger partial charge is 0.185 e. The van der Waals surface area contributed by atoms with E-state index >= 15 is 0 Å². The van der Waals surface area contributed by atoms with Crippen molar-refractivity contribution in [3.8, 4) is 6.07 Å². The number of thiocarbonyl (C=S) groups is 1. The van der Waals surface area contributed by atoms with Crippen LogP contribution in [0, 0.1) is 17.1 Å². The number of halogens is 1. The maximum atomic E-state index is 13.2. The second-order valence-corrected chi connectivity index (χ2v) is 2.81. The molecule has 0 aliphatic heterocycles. The molecule has 1 rings (SSSR count). The Morgan fingerprint density at radius 3 is 2.79 bits per heavy atom. The molecule has 6 heteroatoms. The largest absolute Gasteiger partial charge is 0.329 e. The Kier molecular flexibility index (Phi) is 3.34. The van der Waals surface area contributed by atoms with Crippen LogP contribution < -0.4 is 16.6 Å². The molecule has 0 fully saturated rings. The Labute approximate surface area is 85.5 Å². The van der Waals surface area contributed by atoms with E-state index in [1.165, 1.54) is 12.1 Å². The fourth-order valence-corrected chi connectivity index (χ4v) is 0.954. The van der Waals surface area contributed by atoms with Crippen molar-refractivity contribution in [3.63, 3.8) is 0 Å². The standard InChI is InChI=1S/C8H7FN4S/c9-6-3-5(4-10)1-2-7(6)12-8(14)13-11/h1-3H,11H2,(H2,12,13,14). The first-order chi connectivity index (χ1) is 6.67. The fourth-order valence-electron chi connectivity index (χ4n) is 0.844. The third-order valence-corrected chi connectivity index (χ3v) is 1.70. The Balaban J connectivity index is 2.90. The van der Waals surface area contributed by atoms with Gasteiger partial charge >= 0.3 is 0 Å². The van der Waals surface area contributed by atoms with Gasteiger partial charge in [-0.2, -0.15) is 5.26 Å². The van der Waals surface area contributed by atoms with Crippen LogP contribution >= 0.6 is 12.2 Å². The number of nitrogens with one attached hydrogen (secondary N) is 2. The van der Waals surface area contributed by atoms with Gasteiger partial charge in [0.25, 0.3) is 0 Å². The van der Waals surface area contributed by atoms with Crippen molar-refractivity contribution in [2.24, 2.45) is 5.84 Å². The number of hydrogen-bond donors (Lipinski definition) is 3. The molecule has 0 aliphatic carbocycles. The van der Waals surface area contributed by atoms with E-state index in [0.29, 0.717) is 0 Å². The third kappa shape index (κ3) is 2.39. The van der Waals surface area contributed by atoms with Gasteiger partial charge in [0.05, 0.1) is 17.3 Å². The van der Waals surface area contributed by atoms with Gasteiger partial charge in [-0.25, -0.2) is 10.2 Å². The number of hydrogen-bond acceptors (Lipinski definition) is 3. The molecule has 0 atom stereocenters. The summed E-state index contributed by atoms with van der Waals surface area (Å²) in [5.41, 5.74) is 2.58. The minimum Gasteiger partial charge on any atom is -0.329 e. The monoisotopic (exact) mass is 210 g/mol. The second kappa shape index (κ2) is 4.50. The number of nitrogens with two attached hydrogens (primary N) is 1. The van der Waals surface area contributed by atoms with Crippen LogP contribution in [0.5, 0.6) is 0 Å². The van der Waals surface area contributed by atoms with Crippen molar-refractivity contribution in [2.45, 2.75) is 0 Å². The highest BCUT2D eigenvalue weighted by atomic mass is 32.1. The highest BCUT2D eigenvalue weighted by Crippen LogP contribution is 2.14. The van der Waals surface area contributed by atoms with Gasteiger partial charge in [0, 0.05) is 0 Å². The van der Waals surface area contributed by atoms with Crippen LogP contribution in [0.15, 0.2) is 18.2 Å². The summed E-state index contributed by atoms with van der Waals surface area (Å²) >= 11 is 4.68. The van der Waals surface area contributed by atoms with Crippen LogP contribution in [0.2, 0.25) is 0 Å². The van der Waals surface area contributed by atoms with Gasteiger partial charge in [-0.3, -0.25) is 0 Å². The molecule has 0 unspecified atom stereocenters. The van der Waals surface area contributed by atoms with Crippen LogP contribution in [0.4, 0.5) is 10.1 Å². The first kappa shape index (κ1) is 10.4. The van der Waals surface area contributed by atoms with Gasteiger partial charge in [0.2, 0.25) is 0 Å². The van der Waals surface area contributed by atoms with Crippen molar-refractivity contribution in [2.75, 3.05) is 5.32 Å². The van der Waals surface area contributed by atoms with Gasteiger partial charge in [0.15, 0.2) is 5.11 Å². The SMILES string of the molecule is N#Cc1ccc(NC(=S)NN)c(F)c1. The summed E-state index contributed by atoms with van der Waals surface area (Å²) in [4.78, 5) is 0. The number of anilines is 1. The summed E-state index contributed by atoms with van der Waals surface area (Å²) in [7, 11) is 0. The Morgan fingerprint density at radius 2 is 2.29 bits per heavy atom. The van der Waals surface area contributed by atoms with E-state index in [1.807, 2.05) is 6.07 Å². The van der Waals surface area contributed by atoms with Crippen LogP contribution in [0.25, 0.3) is 0 Å². The summed E-state index contributed by atoms with van der Waals surface area (Å²) in [6, 6.07) is 5.82. The number of nitrogens with zero attached hydrogens (tertiary/aromatic N) is 1. The molecule has 0 aromatic heterocycles. The minimum absolute atomic E-state index is 0.105. The first-order valence-electron chi connectivity index (χ1n) is 3.64. The molecular weight excluding hydrogens is 203 g/mol. The summed E-state index contributed by atoms with van der Waals surface area (Å²) in [6.45, 7) is 0. The predicted octanol–water partition coefficient (Wildman–Crippen LogP) is 0.857. The molecule has 0 saturated heterocycles. The summed E-state index contributed by atoms with van der Waals surface area (Å²) < 4.78 is 13.2. The molecule has 1 aromatic rings. The van der Waals surface area contributed by atoms with Gasteiger partial charge in [-0.05, 0) is 30.4 Å². The highest BCUT2D eigenvalue weighted by molar-refractivity contribution is 7.80. The molecule has 0 amide bonds. The van der Waals surface area contributed by atoms with E-state index in [0.717, 1.165) is 6.07 Å². The van der Waals surface area contributed by atoms with E-state index < -0.39 is 5.82 Å². The lowest BCUT2D eigenvalue weighted by molar-refractivity contribution is 0.631. The molecule has 72 valence electrons. The molecule has 0 heterocycles. The predicted molar refractivity (Wildman–Crippen MR) is 54.7 cm³/mol. The van der Waals surface area contributed by atoms with E-state index in [-0.39, 0.29) is 16.4 Å². The Hall–Kier alpha value is -1.71. The molecule has 0 bridgehead atoms. The average molecular weight is 210 g/mol. The average Bonchev–Trinajstić information content (AvgIpc) is 2.20. The molecule has 14 heavy (non-hydrogen) atoms. The lowest BCUT2D eigenvalue weighted by Crippen LogP contribution is -2.34.